The van der Waals surface area contributed by atoms with E-state index >= 15 is 0 Å². The van der Waals surface area contributed by atoms with E-state index in [-0.39, 0.29) is 0 Å². The summed E-state index contributed by atoms with van der Waals surface area (Å²) in [5.74, 6) is 0.701. The van der Waals surface area contributed by atoms with E-state index in [1.165, 1.54) is 0 Å². The van der Waals surface area contributed by atoms with E-state index in [9.17, 15) is 5.11 Å². The molecule has 0 aromatic heterocycles. The number of aliphatic hydroxyl groups excluding tert-OH is 1. The molecule has 1 atom stereocenters. The van der Waals surface area contributed by atoms with Gasteiger partial charge in [-0.1, -0.05) is 13.8 Å². The standard InChI is InChI=1S/C12H27NO3/c1-4-15-7-8-16-10-12(14)9-13-6-5-11(2)3/h11-14H,4-10H2,1-3H3. The molecule has 0 aliphatic heterocycles. The Morgan fingerprint density at radius 2 is 1.88 bits per heavy atom. The number of aliphatic hydroxyl groups is 1. The van der Waals surface area contributed by atoms with Gasteiger partial charge in [0.2, 0.25) is 0 Å². The maximum absolute atomic E-state index is 9.54. The van der Waals surface area contributed by atoms with Gasteiger partial charge in [-0.15, -0.1) is 0 Å². The maximum Gasteiger partial charge on any atom is 0.0897 e. The zero-order valence-electron chi connectivity index (χ0n) is 10.9. The summed E-state index contributed by atoms with van der Waals surface area (Å²) in [7, 11) is 0. The predicted octanol–water partition coefficient (Wildman–Crippen LogP) is 1.04. The molecule has 4 heteroatoms. The molecule has 1 unspecified atom stereocenters. The van der Waals surface area contributed by atoms with Crippen LogP contribution in [0.2, 0.25) is 0 Å². The highest BCUT2D eigenvalue weighted by atomic mass is 16.5. The zero-order valence-corrected chi connectivity index (χ0v) is 10.9. The van der Waals surface area contributed by atoms with E-state index in [0.29, 0.717) is 38.9 Å². The molecule has 0 rings (SSSR count). The smallest absolute Gasteiger partial charge is 0.0897 e. The van der Waals surface area contributed by atoms with Gasteiger partial charge in [-0.3, -0.25) is 0 Å². The Kier molecular flexibility index (Phi) is 11.2. The molecule has 0 spiro atoms. The van der Waals surface area contributed by atoms with Crippen molar-refractivity contribution >= 4 is 0 Å². The normalized spacial score (nSPS) is 13.3. The minimum Gasteiger partial charge on any atom is -0.389 e. The van der Waals surface area contributed by atoms with Crippen LogP contribution in [0.3, 0.4) is 0 Å². The van der Waals surface area contributed by atoms with Crippen LogP contribution in [0, 0.1) is 5.92 Å². The van der Waals surface area contributed by atoms with Gasteiger partial charge in [0, 0.05) is 13.2 Å². The van der Waals surface area contributed by atoms with Crippen LogP contribution in [0.15, 0.2) is 0 Å². The fourth-order valence-electron chi connectivity index (χ4n) is 1.20. The molecule has 0 fully saturated rings. The van der Waals surface area contributed by atoms with Crippen LogP contribution in [0.4, 0.5) is 0 Å². The summed E-state index contributed by atoms with van der Waals surface area (Å²) in [6.45, 7) is 10.1. The number of nitrogens with one attached hydrogen (secondary N) is 1. The molecule has 4 nitrogen and oxygen atoms in total. The zero-order chi connectivity index (χ0) is 12.2. The summed E-state index contributed by atoms with van der Waals surface area (Å²) in [5.41, 5.74) is 0. The second kappa shape index (κ2) is 11.3. The Bertz CT molecular complexity index is 142. The van der Waals surface area contributed by atoms with E-state index in [4.69, 9.17) is 9.47 Å². The summed E-state index contributed by atoms with van der Waals surface area (Å²) in [4.78, 5) is 0. The van der Waals surface area contributed by atoms with Crippen molar-refractivity contribution in [1.29, 1.82) is 0 Å². The van der Waals surface area contributed by atoms with Gasteiger partial charge in [-0.05, 0) is 25.8 Å². The van der Waals surface area contributed by atoms with Crippen molar-refractivity contribution in [3.63, 3.8) is 0 Å². The molecule has 0 amide bonds. The average molecular weight is 233 g/mol. The maximum atomic E-state index is 9.54. The van der Waals surface area contributed by atoms with E-state index < -0.39 is 6.10 Å². The highest BCUT2D eigenvalue weighted by molar-refractivity contribution is 4.59. The summed E-state index contributed by atoms with van der Waals surface area (Å²) in [5, 5.41) is 12.7. The average Bonchev–Trinajstić information content (AvgIpc) is 2.24. The van der Waals surface area contributed by atoms with Crippen LogP contribution in [0.1, 0.15) is 27.2 Å². The van der Waals surface area contributed by atoms with Crippen molar-refractivity contribution in [1.82, 2.24) is 5.32 Å². The largest absolute Gasteiger partial charge is 0.389 e. The topological polar surface area (TPSA) is 50.7 Å². The summed E-state index contributed by atoms with van der Waals surface area (Å²) < 4.78 is 10.4. The Morgan fingerprint density at radius 3 is 2.50 bits per heavy atom. The molecule has 0 aromatic rings. The molecule has 0 aromatic carbocycles. The van der Waals surface area contributed by atoms with Crippen LogP contribution >= 0.6 is 0 Å². The molecule has 0 aliphatic carbocycles. The third-order valence-electron chi connectivity index (χ3n) is 2.16. The number of hydrogen-bond donors (Lipinski definition) is 2. The molecule has 0 heterocycles. The summed E-state index contributed by atoms with van der Waals surface area (Å²) in [6.07, 6.45) is 0.714. The Morgan fingerprint density at radius 1 is 1.19 bits per heavy atom. The molecule has 0 saturated heterocycles. The first-order valence-corrected chi connectivity index (χ1v) is 6.21. The lowest BCUT2D eigenvalue weighted by Crippen LogP contribution is -2.31. The third kappa shape index (κ3) is 11.9. The fourth-order valence-corrected chi connectivity index (χ4v) is 1.20. The molecular weight excluding hydrogens is 206 g/mol. The van der Waals surface area contributed by atoms with Crippen molar-refractivity contribution in [3.05, 3.63) is 0 Å². The van der Waals surface area contributed by atoms with E-state index in [2.05, 4.69) is 19.2 Å². The van der Waals surface area contributed by atoms with Gasteiger partial charge in [0.15, 0.2) is 0 Å². The lowest BCUT2D eigenvalue weighted by atomic mass is 10.1. The SMILES string of the molecule is CCOCCOCC(O)CNCCC(C)C. The van der Waals surface area contributed by atoms with Gasteiger partial charge in [-0.25, -0.2) is 0 Å². The Balaban J connectivity index is 3.15. The first-order chi connectivity index (χ1) is 7.66. The first-order valence-electron chi connectivity index (χ1n) is 6.21. The first kappa shape index (κ1) is 15.8. The van der Waals surface area contributed by atoms with Crippen LogP contribution < -0.4 is 5.32 Å². The quantitative estimate of drug-likeness (QED) is 0.524. The molecule has 0 saturated carbocycles. The molecule has 0 bridgehead atoms. The van der Waals surface area contributed by atoms with Gasteiger partial charge in [0.1, 0.15) is 0 Å². The molecular formula is C12H27NO3. The van der Waals surface area contributed by atoms with E-state index in [0.717, 1.165) is 13.0 Å². The number of ether oxygens (including phenoxy) is 2. The van der Waals surface area contributed by atoms with E-state index in [1.807, 2.05) is 6.92 Å². The van der Waals surface area contributed by atoms with Crippen molar-refractivity contribution in [2.45, 2.75) is 33.3 Å². The monoisotopic (exact) mass is 233 g/mol. The van der Waals surface area contributed by atoms with Crippen LogP contribution in [0.5, 0.6) is 0 Å². The number of rotatable bonds is 11. The van der Waals surface area contributed by atoms with E-state index in [1.54, 1.807) is 0 Å². The Labute approximate surface area is 99.3 Å². The van der Waals surface area contributed by atoms with Gasteiger partial charge < -0.3 is 19.9 Å². The van der Waals surface area contributed by atoms with Gasteiger partial charge >= 0.3 is 0 Å². The van der Waals surface area contributed by atoms with Gasteiger partial charge in [0.05, 0.1) is 25.9 Å². The van der Waals surface area contributed by atoms with Crippen LogP contribution in [0.25, 0.3) is 0 Å². The van der Waals surface area contributed by atoms with Crippen molar-refractivity contribution in [3.8, 4) is 0 Å². The Hall–Kier alpha value is -0.160. The van der Waals surface area contributed by atoms with Crippen molar-refractivity contribution in [2.75, 3.05) is 39.5 Å². The second-order valence-corrected chi connectivity index (χ2v) is 4.31. The highest BCUT2D eigenvalue weighted by Crippen LogP contribution is 1.96. The minimum absolute atomic E-state index is 0.377. The highest BCUT2D eigenvalue weighted by Gasteiger charge is 2.03. The molecule has 0 radical (unpaired) electrons. The molecule has 16 heavy (non-hydrogen) atoms. The third-order valence-corrected chi connectivity index (χ3v) is 2.16. The lowest BCUT2D eigenvalue weighted by molar-refractivity contribution is 0.00650. The van der Waals surface area contributed by atoms with Gasteiger partial charge in [0.25, 0.3) is 0 Å². The predicted molar refractivity (Wildman–Crippen MR) is 65.6 cm³/mol. The van der Waals surface area contributed by atoms with Crippen LogP contribution in [-0.4, -0.2) is 50.7 Å². The second-order valence-electron chi connectivity index (χ2n) is 4.31. The van der Waals surface area contributed by atoms with Crippen molar-refractivity contribution < 1.29 is 14.6 Å². The van der Waals surface area contributed by atoms with Crippen LogP contribution in [-0.2, 0) is 9.47 Å². The molecule has 0 aliphatic rings. The molecule has 98 valence electrons. The minimum atomic E-state index is -0.422. The lowest BCUT2D eigenvalue weighted by Gasteiger charge is -2.13. The number of hydrogen-bond acceptors (Lipinski definition) is 4. The summed E-state index contributed by atoms with van der Waals surface area (Å²) >= 11 is 0. The molecule has 2 N–H and O–H groups in total. The van der Waals surface area contributed by atoms with Crippen molar-refractivity contribution in [2.24, 2.45) is 5.92 Å². The fraction of sp³-hybridized carbons (Fsp3) is 1.00. The summed E-state index contributed by atoms with van der Waals surface area (Å²) in [6, 6.07) is 0. The van der Waals surface area contributed by atoms with Gasteiger partial charge in [-0.2, -0.15) is 0 Å².